The van der Waals surface area contributed by atoms with Gasteiger partial charge in [0.15, 0.2) is 0 Å². The number of halogens is 2. The Morgan fingerprint density at radius 1 is 1.52 bits per heavy atom. The predicted octanol–water partition coefficient (Wildman–Crippen LogP) is 3.15. The van der Waals surface area contributed by atoms with Gasteiger partial charge in [0, 0.05) is 18.7 Å². The van der Waals surface area contributed by atoms with Crippen molar-refractivity contribution >= 4 is 34.8 Å². The zero-order valence-electron chi connectivity index (χ0n) is 11.3. The number of nitrogens with zero attached hydrogens (tertiary/aromatic N) is 2. The monoisotopic (exact) mass is 332 g/mol. The van der Waals surface area contributed by atoms with Gasteiger partial charge in [-0.25, -0.2) is 0 Å². The topological polar surface area (TPSA) is 72.7 Å². The number of ether oxygens (including phenoxy) is 1. The molecule has 6 nitrogen and oxygen atoms in total. The maximum atomic E-state index is 12.6. The molecule has 0 N–H and O–H groups in total. The van der Waals surface area contributed by atoms with Crippen LogP contribution in [-0.2, 0) is 4.74 Å². The Bertz CT molecular complexity index is 580. The summed E-state index contributed by atoms with van der Waals surface area (Å²) in [4.78, 5) is 24.5. The van der Waals surface area contributed by atoms with Gasteiger partial charge in [-0.15, -0.1) is 0 Å². The number of nitro groups is 1. The molecule has 21 heavy (non-hydrogen) atoms. The molecule has 1 aromatic rings. The van der Waals surface area contributed by atoms with Crippen molar-refractivity contribution in [2.24, 2.45) is 0 Å². The van der Waals surface area contributed by atoms with E-state index in [9.17, 15) is 14.9 Å². The Labute approximate surface area is 131 Å². The average molecular weight is 333 g/mol. The van der Waals surface area contributed by atoms with Crippen LogP contribution in [0.15, 0.2) is 12.1 Å². The lowest BCUT2D eigenvalue weighted by atomic mass is 10.1. The zero-order valence-corrected chi connectivity index (χ0v) is 12.9. The van der Waals surface area contributed by atoms with E-state index in [0.29, 0.717) is 19.8 Å². The SMILES string of the molecule is CCC1COCCN1C(=O)c1cc([N+](=O)[O-])cc(Cl)c1Cl. The fraction of sp³-hybridized carbons (Fsp3) is 0.462. The number of amides is 1. The number of hydrogen-bond acceptors (Lipinski definition) is 4. The van der Waals surface area contributed by atoms with Gasteiger partial charge in [-0.3, -0.25) is 14.9 Å². The van der Waals surface area contributed by atoms with Gasteiger partial charge in [0.1, 0.15) is 0 Å². The van der Waals surface area contributed by atoms with Crippen LogP contribution in [0.1, 0.15) is 23.7 Å². The lowest BCUT2D eigenvalue weighted by Crippen LogP contribution is -2.48. The number of rotatable bonds is 3. The average Bonchev–Trinajstić information content (AvgIpc) is 2.48. The number of hydrogen-bond donors (Lipinski definition) is 0. The fourth-order valence-electron chi connectivity index (χ4n) is 2.25. The Kier molecular flexibility index (Phi) is 5.03. The summed E-state index contributed by atoms with van der Waals surface area (Å²) in [5, 5.41) is 10.9. The first-order chi connectivity index (χ1) is 9.95. The first-order valence-electron chi connectivity index (χ1n) is 6.47. The fourth-order valence-corrected chi connectivity index (χ4v) is 2.65. The molecule has 1 aliphatic heterocycles. The standard InChI is InChI=1S/C13H14Cl2N2O4/c1-2-8-7-21-4-3-16(8)13(18)10-5-9(17(19)20)6-11(14)12(10)15/h5-6,8H,2-4,7H2,1H3. The minimum Gasteiger partial charge on any atom is -0.377 e. The molecule has 1 saturated heterocycles. The summed E-state index contributed by atoms with van der Waals surface area (Å²) in [6.07, 6.45) is 0.728. The maximum absolute atomic E-state index is 12.6. The van der Waals surface area contributed by atoms with Crippen molar-refractivity contribution in [2.75, 3.05) is 19.8 Å². The summed E-state index contributed by atoms with van der Waals surface area (Å²) in [6.45, 7) is 3.25. The highest BCUT2D eigenvalue weighted by atomic mass is 35.5. The van der Waals surface area contributed by atoms with Gasteiger partial charge >= 0.3 is 0 Å². The maximum Gasteiger partial charge on any atom is 0.271 e. The molecule has 114 valence electrons. The Morgan fingerprint density at radius 3 is 2.86 bits per heavy atom. The molecule has 1 atom stereocenters. The van der Waals surface area contributed by atoms with Gasteiger partial charge in [-0.1, -0.05) is 30.1 Å². The van der Waals surface area contributed by atoms with Gasteiger partial charge in [-0.05, 0) is 6.42 Å². The van der Waals surface area contributed by atoms with Crippen LogP contribution in [0.2, 0.25) is 10.0 Å². The summed E-state index contributed by atoms with van der Waals surface area (Å²) >= 11 is 11.9. The molecule has 1 aliphatic rings. The van der Waals surface area contributed by atoms with E-state index in [0.717, 1.165) is 12.5 Å². The molecule has 8 heteroatoms. The zero-order chi connectivity index (χ0) is 15.6. The van der Waals surface area contributed by atoms with E-state index in [-0.39, 0.29) is 33.2 Å². The third-order valence-corrected chi connectivity index (χ3v) is 4.22. The number of non-ortho nitro benzene ring substituents is 1. The van der Waals surface area contributed by atoms with E-state index in [1.54, 1.807) is 4.90 Å². The molecule has 1 unspecified atom stereocenters. The number of benzene rings is 1. The molecular formula is C13H14Cl2N2O4. The number of carbonyl (C=O) groups excluding carboxylic acids is 1. The molecule has 1 amide bonds. The molecule has 0 radical (unpaired) electrons. The highest BCUT2D eigenvalue weighted by Crippen LogP contribution is 2.32. The summed E-state index contributed by atoms with van der Waals surface area (Å²) in [5.74, 6) is -0.360. The van der Waals surface area contributed by atoms with Gasteiger partial charge in [0.2, 0.25) is 0 Å². The second kappa shape index (κ2) is 6.60. The number of carbonyl (C=O) groups is 1. The largest absolute Gasteiger partial charge is 0.377 e. The Hall–Kier alpha value is -1.37. The van der Waals surface area contributed by atoms with Crippen LogP contribution in [0.4, 0.5) is 5.69 Å². The second-order valence-electron chi connectivity index (χ2n) is 4.68. The lowest BCUT2D eigenvalue weighted by molar-refractivity contribution is -0.384. The molecule has 1 fully saturated rings. The van der Waals surface area contributed by atoms with Crippen molar-refractivity contribution in [3.8, 4) is 0 Å². The minimum absolute atomic E-state index is 0.00414. The molecular weight excluding hydrogens is 319 g/mol. The van der Waals surface area contributed by atoms with Gasteiger partial charge < -0.3 is 9.64 Å². The first kappa shape index (κ1) is 16.0. The third kappa shape index (κ3) is 3.28. The highest BCUT2D eigenvalue weighted by Gasteiger charge is 2.29. The van der Waals surface area contributed by atoms with Crippen LogP contribution >= 0.6 is 23.2 Å². The summed E-state index contributed by atoms with van der Waals surface area (Å²) < 4.78 is 5.34. The highest BCUT2D eigenvalue weighted by molar-refractivity contribution is 6.44. The van der Waals surface area contributed by atoms with Crippen molar-refractivity contribution in [2.45, 2.75) is 19.4 Å². The quantitative estimate of drug-likeness (QED) is 0.629. The van der Waals surface area contributed by atoms with Gasteiger partial charge in [0.05, 0.1) is 39.8 Å². The van der Waals surface area contributed by atoms with Gasteiger partial charge in [-0.2, -0.15) is 0 Å². The van der Waals surface area contributed by atoms with Crippen LogP contribution in [0, 0.1) is 10.1 Å². The number of nitro benzene ring substituents is 1. The van der Waals surface area contributed by atoms with Crippen molar-refractivity contribution in [3.63, 3.8) is 0 Å². The van der Waals surface area contributed by atoms with Crippen molar-refractivity contribution in [1.29, 1.82) is 0 Å². The van der Waals surface area contributed by atoms with E-state index in [1.165, 1.54) is 6.07 Å². The van der Waals surface area contributed by atoms with E-state index in [2.05, 4.69) is 0 Å². The lowest BCUT2D eigenvalue weighted by Gasteiger charge is -2.35. The van der Waals surface area contributed by atoms with Crippen LogP contribution in [-0.4, -0.2) is 41.5 Å². The van der Waals surface area contributed by atoms with Crippen LogP contribution < -0.4 is 0 Å². The molecule has 0 saturated carbocycles. The van der Waals surface area contributed by atoms with Crippen molar-refractivity contribution < 1.29 is 14.5 Å². The van der Waals surface area contributed by atoms with Crippen LogP contribution in [0.3, 0.4) is 0 Å². The van der Waals surface area contributed by atoms with Gasteiger partial charge in [0.25, 0.3) is 11.6 Å². The molecule has 0 spiro atoms. The smallest absolute Gasteiger partial charge is 0.271 e. The second-order valence-corrected chi connectivity index (χ2v) is 5.47. The molecule has 2 rings (SSSR count). The summed E-state index contributed by atoms with van der Waals surface area (Å²) in [6, 6.07) is 2.23. The summed E-state index contributed by atoms with van der Waals surface area (Å²) in [7, 11) is 0. The van der Waals surface area contributed by atoms with Crippen molar-refractivity contribution in [3.05, 3.63) is 37.9 Å². The summed E-state index contributed by atoms with van der Waals surface area (Å²) in [5.41, 5.74) is -0.203. The van der Waals surface area contributed by atoms with E-state index >= 15 is 0 Å². The Balaban J connectivity index is 2.40. The molecule has 0 aromatic heterocycles. The molecule has 0 aliphatic carbocycles. The molecule has 0 bridgehead atoms. The minimum atomic E-state index is -0.602. The van der Waals surface area contributed by atoms with E-state index in [4.69, 9.17) is 27.9 Å². The predicted molar refractivity (Wildman–Crippen MR) is 79.1 cm³/mol. The van der Waals surface area contributed by atoms with Crippen LogP contribution in [0.5, 0.6) is 0 Å². The van der Waals surface area contributed by atoms with Crippen molar-refractivity contribution in [1.82, 2.24) is 4.90 Å². The molecule has 1 aromatic carbocycles. The third-order valence-electron chi connectivity index (χ3n) is 3.41. The van der Waals surface area contributed by atoms with Crippen LogP contribution in [0.25, 0.3) is 0 Å². The Morgan fingerprint density at radius 2 is 2.24 bits per heavy atom. The first-order valence-corrected chi connectivity index (χ1v) is 7.23. The van der Waals surface area contributed by atoms with E-state index in [1.807, 2.05) is 6.92 Å². The normalized spacial score (nSPS) is 18.6. The number of morpholine rings is 1. The van der Waals surface area contributed by atoms with E-state index < -0.39 is 4.92 Å². The molecule has 1 heterocycles.